The second kappa shape index (κ2) is 7.08. The normalized spacial score (nSPS) is 52.6. The molecule has 0 amide bonds. The van der Waals surface area contributed by atoms with E-state index in [1.165, 1.54) is 18.4 Å². The van der Waals surface area contributed by atoms with E-state index in [4.69, 9.17) is 0 Å². The van der Waals surface area contributed by atoms with E-state index in [2.05, 4.69) is 54.2 Å². The molecule has 5 aliphatic rings. The molecular weight excluding hydrogens is 404 g/mol. The zero-order valence-corrected chi connectivity index (χ0v) is 22.4. The number of aliphatic hydroxyl groups is 1. The summed E-state index contributed by atoms with van der Waals surface area (Å²) in [6.07, 6.45) is 12.5. The third kappa shape index (κ3) is 2.74. The average Bonchev–Trinajstić information content (AvgIpc) is 3.13. The first-order valence-corrected chi connectivity index (χ1v) is 13.8. The van der Waals surface area contributed by atoms with Crippen molar-refractivity contribution in [2.45, 2.75) is 112 Å². The molecule has 0 radical (unpaired) electrons. The van der Waals surface area contributed by atoms with E-state index in [9.17, 15) is 9.90 Å². The molecule has 1 N–H and O–H groups in total. The number of hydrogen-bond acceptors (Lipinski definition) is 2. The third-order valence-electron chi connectivity index (χ3n) is 13.1. The predicted molar refractivity (Wildman–Crippen MR) is 136 cm³/mol. The number of carbonyl (C=O) groups excluding carboxylic acids is 1. The Labute approximate surface area is 202 Å². The molecule has 0 bridgehead atoms. The van der Waals surface area contributed by atoms with Crippen LogP contribution in [0.4, 0.5) is 0 Å². The molecule has 9 atom stereocenters. The van der Waals surface area contributed by atoms with Gasteiger partial charge in [-0.25, -0.2) is 0 Å². The van der Waals surface area contributed by atoms with Gasteiger partial charge in [-0.2, -0.15) is 0 Å². The lowest BCUT2D eigenvalue weighted by Crippen LogP contribution is -2.64. The second-order valence-corrected chi connectivity index (χ2v) is 14.4. The van der Waals surface area contributed by atoms with Crippen LogP contribution in [-0.4, -0.2) is 17.0 Å². The van der Waals surface area contributed by atoms with Crippen LogP contribution in [0.3, 0.4) is 0 Å². The highest BCUT2D eigenvalue weighted by atomic mass is 16.3. The lowest BCUT2D eigenvalue weighted by molar-refractivity contribution is -0.201. The fourth-order valence-corrected chi connectivity index (χ4v) is 10.9. The lowest BCUT2D eigenvalue weighted by atomic mass is 9.34. The van der Waals surface area contributed by atoms with Crippen molar-refractivity contribution in [1.82, 2.24) is 0 Å². The van der Waals surface area contributed by atoms with E-state index >= 15 is 0 Å². The van der Waals surface area contributed by atoms with Crippen molar-refractivity contribution in [3.63, 3.8) is 0 Å². The number of fused-ring (bicyclic) bond motifs is 7. The molecule has 5 rings (SSSR count). The highest BCUT2D eigenvalue weighted by molar-refractivity contribution is 5.84. The number of aliphatic hydroxyl groups excluding tert-OH is 1. The van der Waals surface area contributed by atoms with Crippen LogP contribution in [-0.2, 0) is 4.79 Å². The Bertz CT molecular complexity index is 912. The average molecular weight is 453 g/mol. The minimum Gasteiger partial charge on any atom is -0.393 e. The van der Waals surface area contributed by atoms with Gasteiger partial charge < -0.3 is 5.11 Å². The molecule has 0 spiro atoms. The van der Waals surface area contributed by atoms with E-state index in [-0.39, 0.29) is 33.2 Å². The number of Topliss-reactive ketones (excluding diaryl/α,β-unsaturated/α-hetero) is 1. The Hall–Kier alpha value is -0.890. The predicted octanol–water partition coefficient (Wildman–Crippen LogP) is 7.51. The Kier molecular flexibility index (Phi) is 5.11. The molecule has 184 valence electrons. The van der Waals surface area contributed by atoms with Gasteiger partial charge in [0.25, 0.3) is 0 Å². The van der Waals surface area contributed by atoms with Crippen LogP contribution in [0.15, 0.2) is 23.8 Å². The highest BCUT2D eigenvalue weighted by Crippen LogP contribution is 2.76. The van der Waals surface area contributed by atoms with E-state index < -0.39 is 0 Å². The minimum absolute atomic E-state index is 0.00786. The van der Waals surface area contributed by atoms with Gasteiger partial charge in [0.2, 0.25) is 0 Å². The lowest BCUT2D eigenvalue weighted by Gasteiger charge is -2.70. The smallest absolute Gasteiger partial charge is 0.136 e. The second-order valence-electron chi connectivity index (χ2n) is 14.4. The van der Waals surface area contributed by atoms with Crippen molar-refractivity contribution in [3.8, 4) is 0 Å². The van der Waals surface area contributed by atoms with Crippen LogP contribution >= 0.6 is 0 Å². The molecule has 0 aliphatic heterocycles. The summed E-state index contributed by atoms with van der Waals surface area (Å²) in [5.41, 5.74) is 3.43. The van der Waals surface area contributed by atoms with Crippen molar-refractivity contribution in [2.24, 2.45) is 50.7 Å². The zero-order chi connectivity index (χ0) is 24.2. The van der Waals surface area contributed by atoms with Gasteiger partial charge in [0, 0.05) is 5.41 Å². The molecule has 2 nitrogen and oxygen atoms in total. The SMILES string of the molecule is C=C(C)[C@@H]1CC[C@]2(C(C)=O)CC[C@]3(C)C(=CC[C@@H]4[C@@]5(C)CC[C@H](O)C(C)(C)[C@@H]5CC[C@]43C)[C@@H]12. The van der Waals surface area contributed by atoms with Crippen LogP contribution in [0, 0.1) is 50.7 Å². The standard InChI is InChI=1S/C31H48O2/c1-19(2)21-11-16-31(20(3)32)18-17-29(7)22(26(21)31)9-10-24-28(6)14-13-25(33)27(4,5)23(28)12-15-30(24,29)8/h9,21,23-26,33H,1,10-18H2,2-8H3/t21-,23-,24+,25-,26+,28-,29+,30+,31+/m0/s1. The fourth-order valence-electron chi connectivity index (χ4n) is 10.9. The number of allylic oxidation sites excluding steroid dienone is 3. The van der Waals surface area contributed by atoms with E-state index in [1.54, 1.807) is 5.57 Å². The molecule has 0 saturated heterocycles. The summed E-state index contributed by atoms with van der Waals surface area (Å²) in [5.74, 6) is 2.47. The van der Waals surface area contributed by atoms with Crippen molar-refractivity contribution < 1.29 is 9.90 Å². The fraction of sp³-hybridized carbons (Fsp3) is 0.839. The first-order chi connectivity index (χ1) is 15.3. The summed E-state index contributed by atoms with van der Waals surface area (Å²) < 4.78 is 0. The van der Waals surface area contributed by atoms with Crippen LogP contribution < -0.4 is 0 Å². The van der Waals surface area contributed by atoms with Gasteiger partial charge in [0.1, 0.15) is 5.78 Å². The maximum atomic E-state index is 13.2. The minimum atomic E-state index is -0.175. The summed E-state index contributed by atoms with van der Waals surface area (Å²) in [6, 6.07) is 0. The van der Waals surface area contributed by atoms with Gasteiger partial charge in [-0.05, 0) is 117 Å². The maximum Gasteiger partial charge on any atom is 0.136 e. The zero-order valence-electron chi connectivity index (χ0n) is 22.4. The third-order valence-corrected chi connectivity index (χ3v) is 13.1. The van der Waals surface area contributed by atoms with Gasteiger partial charge >= 0.3 is 0 Å². The number of carbonyl (C=O) groups is 1. The Morgan fingerprint density at radius 2 is 1.64 bits per heavy atom. The van der Waals surface area contributed by atoms with Gasteiger partial charge in [0.05, 0.1) is 6.10 Å². The number of hydrogen-bond donors (Lipinski definition) is 1. The summed E-state index contributed by atoms with van der Waals surface area (Å²) in [7, 11) is 0. The molecule has 4 saturated carbocycles. The van der Waals surface area contributed by atoms with E-state index in [1.807, 2.05) is 6.92 Å². The van der Waals surface area contributed by atoms with Crippen LogP contribution in [0.5, 0.6) is 0 Å². The molecule has 0 aromatic rings. The summed E-state index contributed by atoms with van der Waals surface area (Å²) in [4.78, 5) is 13.2. The van der Waals surface area contributed by atoms with Gasteiger partial charge in [0.15, 0.2) is 0 Å². The maximum absolute atomic E-state index is 13.2. The monoisotopic (exact) mass is 452 g/mol. The van der Waals surface area contributed by atoms with E-state index in [0.717, 1.165) is 44.9 Å². The van der Waals surface area contributed by atoms with Gasteiger partial charge in [-0.3, -0.25) is 4.79 Å². The van der Waals surface area contributed by atoms with E-state index in [0.29, 0.717) is 29.5 Å². The topological polar surface area (TPSA) is 37.3 Å². The summed E-state index contributed by atoms with van der Waals surface area (Å²) in [6.45, 7) is 20.9. The Morgan fingerprint density at radius 1 is 0.939 bits per heavy atom. The van der Waals surface area contributed by atoms with Crippen LogP contribution in [0.25, 0.3) is 0 Å². The summed E-state index contributed by atoms with van der Waals surface area (Å²) in [5, 5.41) is 10.9. The molecule has 2 heteroatoms. The largest absolute Gasteiger partial charge is 0.393 e. The van der Waals surface area contributed by atoms with Crippen molar-refractivity contribution in [1.29, 1.82) is 0 Å². The number of ketones is 1. The van der Waals surface area contributed by atoms with Crippen LogP contribution in [0.1, 0.15) is 106 Å². The quantitative estimate of drug-likeness (QED) is 0.440. The first-order valence-electron chi connectivity index (χ1n) is 13.8. The highest BCUT2D eigenvalue weighted by Gasteiger charge is 2.69. The molecule has 0 heterocycles. The first kappa shape index (κ1) is 23.8. The molecule has 5 aliphatic carbocycles. The molecule has 4 fully saturated rings. The molecule has 0 aromatic heterocycles. The van der Waals surface area contributed by atoms with Gasteiger partial charge in [-0.1, -0.05) is 58.4 Å². The molecule has 33 heavy (non-hydrogen) atoms. The molecule has 0 aromatic carbocycles. The van der Waals surface area contributed by atoms with Crippen molar-refractivity contribution in [2.75, 3.05) is 0 Å². The summed E-state index contributed by atoms with van der Waals surface area (Å²) >= 11 is 0. The Balaban J connectivity index is 1.62. The van der Waals surface area contributed by atoms with Crippen LogP contribution in [0.2, 0.25) is 0 Å². The van der Waals surface area contributed by atoms with Crippen molar-refractivity contribution >= 4 is 5.78 Å². The van der Waals surface area contributed by atoms with Gasteiger partial charge in [-0.15, -0.1) is 0 Å². The van der Waals surface area contributed by atoms with Crippen molar-refractivity contribution in [3.05, 3.63) is 23.8 Å². The number of rotatable bonds is 2. The molecule has 0 unspecified atom stereocenters. The molecular formula is C31H48O2. The Morgan fingerprint density at radius 3 is 2.27 bits per heavy atom.